The third-order valence-electron chi connectivity index (χ3n) is 2.19. The Balaban J connectivity index is 3.21. The lowest BCUT2D eigenvalue weighted by atomic mass is 10.1. The number of hydrogen-bond donors (Lipinski definition) is 1. The zero-order valence-electron chi connectivity index (χ0n) is 9.30. The van der Waals surface area contributed by atoms with Crippen molar-refractivity contribution in [1.82, 2.24) is 5.32 Å². The monoisotopic (exact) mass is 205 g/mol. The highest BCUT2D eigenvalue weighted by molar-refractivity contribution is 7.84. The zero-order chi connectivity index (χ0) is 10.3. The summed E-state index contributed by atoms with van der Waals surface area (Å²) in [6.07, 6.45) is 4.02. The minimum atomic E-state index is -0.665. The Morgan fingerprint density at radius 1 is 1.15 bits per heavy atom. The molecule has 0 saturated heterocycles. The molecule has 0 fully saturated rings. The van der Waals surface area contributed by atoms with E-state index in [1.807, 2.05) is 6.92 Å². The molecule has 0 aliphatic heterocycles. The Hall–Kier alpha value is 0.110. The van der Waals surface area contributed by atoms with Crippen LogP contribution in [0.5, 0.6) is 0 Å². The smallest absolute Gasteiger partial charge is 0.0329 e. The Morgan fingerprint density at radius 2 is 1.69 bits per heavy atom. The molecule has 0 radical (unpaired) electrons. The van der Waals surface area contributed by atoms with Gasteiger partial charge in [-0.15, -0.1) is 0 Å². The lowest BCUT2D eigenvalue weighted by Crippen LogP contribution is -2.22. The Bertz CT molecular complexity index is 148. The molecule has 0 saturated carbocycles. The van der Waals surface area contributed by atoms with Crippen LogP contribution in [0.15, 0.2) is 0 Å². The molecule has 80 valence electrons. The largest absolute Gasteiger partial charge is 0.317 e. The summed E-state index contributed by atoms with van der Waals surface area (Å²) in [5.74, 6) is 0.769. The van der Waals surface area contributed by atoms with Crippen molar-refractivity contribution in [2.75, 3.05) is 19.3 Å². The molecule has 0 aliphatic rings. The Morgan fingerprint density at radius 3 is 2.15 bits per heavy atom. The highest BCUT2D eigenvalue weighted by atomic mass is 32.2. The molecule has 2 unspecified atom stereocenters. The van der Waals surface area contributed by atoms with Gasteiger partial charge in [0.2, 0.25) is 0 Å². The zero-order valence-corrected chi connectivity index (χ0v) is 10.1. The first-order valence-electron chi connectivity index (χ1n) is 5.07. The minimum absolute atomic E-state index is 0.326. The average molecular weight is 205 g/mol. The fraction of sp³-hybridized carbons (Fsp3) is 1.00. The molecule has 2 atom stereocenters. The number of rotatable bonds is 7. The van der Waals surface area contributed by atoms with Crippen molar-refractivity contribution < 1.29 is 4.21 Å². The first kappa shape index (κ1) is 13.1. The van der Waals surface area contributed by atoms with E-state index >= 15 is 0 Å². The van der Waals surface area contributed by atoms with Gasteiger partial charge in [0.1, 0.15) is 0 Å². The lowest BCUT2D eigenvalue weighted by Gasteiger charge is -2.09. The normalized spacial score (nSPS) is 16.1. The predicted molar refractivity (Wildman–Crippen MR) is 60.5 cm³/mol. The van der Waals surface area contributed by atoms with Gasteiger partial charge in [-0.3, -0.25) is 4.21 Å². The second-order valence-corrected chi connectivity index (χ2v) is 5.83. The van der Waals surface area contributed by atoms with Crippen molar-refractivity contribution in [3.05, 3.63) is 0 Å². The summed E-state index contributed by atoms with van der Waals surface area (Å²) in [5, 5.41) is 3.69. The van der Waals surface area contributed by atoms with Gasteiger partial charge in [-0.05, 0) is 31.8 Å². The molecule has 0 spiro atoms. The molecule has 3 heteroatoms. The van der Waals surface area contributed by atoms with Crippen LogP contribution in [0.25, 0.3) is 0 Å². The van der Waals surface area contributed by atoms with Crippen molar-refractivity contribution in [2.24, 2.45) is 5.92 Å². The molecule has 0 aliphatic carbocycles. The molecule has 0 heterocycles. The number of hydrogen-bond acceptors (Lipinski definition) is 2. The van der Waals surface area contributed by atoms with Gasteiger partial charge in [0.15, 0.2) is 0 Å². The van der Waals surface area contributed by atoms with E-state index in [0.29, 0.717) is 5.25 Å². The van der Waals surface area contributed by atoms with Crippen LogP contribution in [0.3, 0.4) is 0 Å². The molecule has 2 nitrogen and oxygen atoms in total. The summed E-state index contributed by atoms with van der Waals surface area (Å²) in [7, 11) is -0.665. The SMILES string of the molecule is CC(C)CCNCCC(C)S(C)=O. The summed E-state index contributed by atoms with van der Waals surface area (Å²) >= 11 is 0. The summed E-state index contributed by atoms with van der Waals surface area (Å²) in [5.41, 5.74) is 0. The van der Waals surface area contributed by atoms with Crippen LogP contribution in [0.2, 0.25) is 0 Å². The van der Waals surface area contributed by atoms with Crippen molar-refractivity contribution in [3.8, 4) is 0 Å². The van der Waals surface area contributed by atoms with Gasteiger partial charge in [-0.2, -0.15) is 0 Å². The van der Waals surface area contributed by atoms with Crippen LogP contribution in [0.1, 0.15) is 33.6 Å². The van der Waals surface area contributed by atoms with Crippen molar-refractivity contribution in [2.45, 2.75) is 38.9 Å². The maximum absolute atomic E-state index is 11.0. The van der Waals surface area contributed by atoms with E-state index < -0.39 is 10.8 Å². The maximum Gasteiger partial charge on any atom is 0.0329 e. The van der Waals surface area contributed by atoms with Gasteiger partial charge in [0.25, 0.3) is 0 Å². The third kappa shape index (κ3) is 8.44. The summed E-state index contributed by atoms with van der Waals surface area (Å²) in [6, 6.07) is 0. The van der Waals surface area contributed by atoms with E-state index in [1.54, 1.807) is 6.26 Å². The van der Waals surface area contributed by atoms with Crippen molar-refractivity contribution in [3.63, 3.8) is 0 Å². The Labute approximate surface area is 84.9 Å². The molecule has 0 bridgehead atoms. The third-order valence-corrected chi connectivity index (χ3v) is 3.56. The van der Waals surface area contributed by atoms with Gasteiger partial charge < -0.3 is 5.32 Å². The van der Waals surface area contributed by atoms with Crippen LogP contribution >= 0.6 is 0 Å². The topological polar surface area (TPSA) is 29.1 Å². The standard InChI is InChI=1S/C10H23NOS/c1-9(2)5-7-11-8-6-10(3)13(4)12/h9-11H,5-8H2,1-4H3. The molecular formula is C10H23NOS. The van der Waals surface area contributed by atoms with Gasteiger partial charge in [0.05, 0.1) is 0 Å². The molecule has 0 aromatic rings. The van der Waals surface area contributed by atoms with Gasteiger partial charge in [-0.1, -0.05) is 20.8 Å². The van der Waals surface area contributed by atoms with E-state index in [2.05, 4.69) is 19.2 Å². The van der Waals surface area contributed by atoms with Crippen LogP contribution < -0.4 is 5.32 Å². The summed E-state index contributed by atoms with van der Waals surface area (Å²) in [4.78, 5) is 0. The van der Waals surface area contributed by atoms with Gasteiger partial charge in [-0.25, -0.2) is 0 Å². The quantitative estimate of drug-likeness (QED) is 0.642. The summed E-state index contributed by atoms with van der Waals surface area (Å²) in [6.45, 7) is 8.57. The van der Waals surface area contributed by atoms with Crippen LogP contribution in [-0.4, -0.2) is 28.8 Å². The molecule has 0 aromatic carbocycles. The van der Waals surface area contributed by atoms with Crippen LogP contribution in [-0.2, 0) is 10.8 Å². The van der Waals surface area contributed by atoms with Crippen molar-refractivity contribution >= 4 is 10.8 Å². The predicted octanol–water partition coefficient (Wildman–Crippen LogP) is 1.78. The maximum atomic E-state index is 11.0. The average Bonchev–Trinajstić information content (AvgIpc) is 2.02. The fourth-order valence-corrected chi connectivity index (χ4v) is 1.44. The van der Waals surface area contributed by atoms with E-state index in [0.717, 1.165) is 25.4 Å². The second-order valence-electron chi connectivity index (χ2n) is 4.03. The van der Waals surface area contributed by atoms with E-state index in [4.69, 9.17) is 0 Å². The summed E-state index contributed by atoms with van der Waals surface area (Å²) < 4.78 is 11.0. The van der Waals surface area contributed by atoms with Gasteiger partial charge >= 0.3 is 0 Å². The van der Waals surface area contributed by atoms with Gasteiger partial charge in [0, 0.05) is 22.3 Å². The van der Waals surface area contributed by atoms with Crippen LogP contribution in [0, 0.1) is 5.92 Å². The second kappa shape index (κ2) is 7.51. The molecular weight excluding hydrogens is 182 g/mol. The van der Waals surface area contributed by atoms with E-state index in [1.165, 1.54) is 6.42 Å². The molecule has 1 N–H and O–H groups in total. The lowest BCUT2D eigenvalue weighted by molar-refractivity contribution is 0.530. The fourth-order valence-electron chi connectivity index (χ4n) is 0.987. The van der Waals surface area contributed by atoms with Crippen LogP contribution in [0.4, 0.5) is 0 Å². The number of nitrogens with one attached hydrogen (secondary N) is 1. The molecule has 13 heavy (non-hydrogen) atoms. The first-order chi connectivity index (χ1) is 6.04. The van der Waals surface area contributed by atoms with Crippen molar-refractivity contribution in [1.29, 1.82) is 0 Å². The first-order valence-corrected chi connectivity index (χ1v) is 6.69. The van der Waals surface area contributed by atoms with E-state index in [9.17, 15) is 4.21 Å². The highest BCUT2D eigenvalue weighted by Gasteiger charge is 2.04. The minimum Gasteiger partial charge on any atom is -0.317 e. The highest BCUT2D eigenvalue weighted by Crippen LogP contribution is 1.99. The molecule has 0 aromatic heterocycles. The van der Waals surface area contributed by atoms with E-state index in [-0.39, 0.29) is 0 Å². The molecule has 0 amide bonds. The molecule has 0 rings (SSSR count). The Kier molecular flexibility index (Phi) is 7.57.